The Morgan fingerprint density at radius 1 is 1.29 bits per heavy atom. The first-order valence-electron chi connectivity index (χ1n) is 7.11. The topological polar surface area (TPSA) is 32.3 Å². The fourth-order valence-corrected chi connectivity index (χ4v) is 3.98. The van der Waals surface area contributed by atoms with E-state index in [2.05, 4.69) is 11.4 Å². The van der Waals surface area contributed by atoms with E-state index in [-0.39, 0.29) is 6.04 Å². The molecule has 1 heterocycles. The minimum atomic E-state index is -0.481. The third-order valence-corrected chi connectivity index (χ3v) is 5.11. The van der Waals surface area contributed by atoms with Crippen LogP contribution in [0.15, 0.2) is 47.4 Å². The zero-order chi connectivity index (χ0) is 14.8. The average molecular weight is 320 g/mol. The summed E-state index contributed by atoms with van der Waals surface area (Å²) in [6.45, 7) is 1.79. The van der Waals surface area contributed by atoms with Gasteiger partial charge >= 0.3 is 0 Å². The van der Waals surface area contributed by atoms with Crippen LogP contribution < -0.4 is 5.32 Å². The molecule has 0 fully saturated rings. The summed E-state index contributed by atoms with van der Waals surface area (Å²) in [6.07, 6.45) is 0.567. The molecule has 0 saturated carbocycles. The summed E-state index contributed by atoms with van der Waals surface area (Å²) < 4.78 is 0. The number of anilines is 1. The van der Waals surface area contributed by atoms with Gasteiger partial charge in [-0.25, -0.2) is 0 Å². The molecule has 0 aromatic heterocycles. The molecule has 0 amide bonds. The lowest BCUT2D eigenvalue weighted by molar-refractivity contribution is 0.200. The molecule has 2 aromatic carbocycles. The van der Waals surface area contributed by atoms with E-state index in [0.29, 0.717) is 0 Å². The first-order chi connectivity index (χ1) is 10.1. The van der Waals surface area contributed by atoms with Crippen LogP contribution in [0, 0.1) is 0 Å². The zero-order valence-corrected chi connectivity index (χ0v) is 13.4. The minimum Gasteiger partial charge on any atom is -0.389 e. The maximum atomic E-state index is 9.91. The molecule has 3 rings (SSSR count). The van der Waals surface area contributed by atoms with E-state index in [9.17, 15) is 5.11 Å². The molecule has 2 aromatic rings. The Hall–Kier alpha value is -1.16. The molecular weight excluding hydrogens is 302 g/mol. The van der Waals surface area contributed by atoms with Crippen molar-refractivity contribution >= 4 is 29.1 Å². The monoisotopic (exact) mass is 319 g/mol. The molecule has 4 heteroatoms. The number of aliphatic hydroxyl groups excluding tert-OH is 1. The number of hydrogen-bond donors (Lipinski definition) is 2. The highest BCUT2D eigenvalue weighted by Crippen LogP contribution is 2.40. The lowest BCUT2D eigenvalue weighted by Crippen LogP contribution is -2.17. The van der Waals surface area contributed by atoms with Crippen LogP contribution in [0.4, 0.5) is 5.69 Å². The Morgan fingerprint density at radius 3 is 2.90 bits per heavy atom. The predicted molar refractivity (Wildman–Crippen MR) is 90.2 cm³/mol. The Kier molecular flexibility index (Phi) is 4.43. The summed E-state index contributed by atoms with van der Waals surface area (Å²) in [5.41, 5.74) is 3.17. The van der Waals surface area contributed by atoms with Crippen molar-refractivity contribution in [3.8, 4) is 0 Å². The van der Waals surface area contributed by atoms with Crippen LogP contribution in [0.25, 0.3) is 0 Å². The van der Waals surface area contributed by atoms with Crippen LogP contribution in [0.5, 0.6) is 0 Å². The summed E-state index contributed by atoms with van der Waals surface area (Å²) in [5.74, 6) is 1.09. The number of thioether (sulfide) groups is 1. The van der Waals surface area contributed by atoms with E-state index >= 15 is 0 Å². The molecule has 110 valence electrons. The van der Waals surface area contributed by atoms with Gasteiger partial charge in [0.1, 0.15) is 0 Å². The number of benzene rings is 2. The first kappa shape index (κ1) is 14.8. The van der Waals surface area contributed by atoms with Crippen molar-refractivity contribution in [3.05, 3.63) is 58.6 Å². The number of nitrogens with one attached hydrogen (secondary N) is 1. The third kappa shape index (κ3) is 3.20. The third-order valence-electron chi connectivity index (χ3n) is 3.75. The number of fused-ring (bicyclic) bond motifs is 1. The second-order valence-electron chi connectivity index (χ2n) is 5.28. The van der Waals surface area contributed by atoms with E-state index in [1.165, 1.54) is 10.5 Å². The molecule has 0 spiro atoms. The second-order valence-corrected chi connectivity index (χ2v) is 6.85. The molecule has 2 unspecified atom stereocenters. The van der Waals surface area contributed by atoms with Crippen molar-refractivity contribution in [1.29, 1.82) is 0 Å². The summed E-state index contributed by atoms with van der Waals surface area (Å²) >= 11 is 8.02. The first-order valence-corrected chi connectivity index (χ1v) is 8.47. The summed E-state index contributed by atoms with van der Waals surface area (Å²) in [7, 11) is 0. The standard InChI is InChI=1S/C17H18ClNOS/c1-11(20)13-4-2-3-5-15(13)19-16-8-9-21-17-7-6-12(18)10-14(16)17/h2-7,10-11,16,19-20H,8-9H2,1H3. The summed E-state index contributed by atoms with van der Waals surface area (Å²) in [4.78, 5) is 1.29. The molecule has 0 aliphatic carbocycles. The van der Waals surface area contributed by atoms with E-state index in [1.54, 1.807) is 6.92 Å². The van der Waals surface area contributed by atoms with Gasteiger partial charge in [-0.15, -0.1) is 11.8 Å². The highest BCUT2D eigenvalue weighted by atomic mass is 35.5. The fourth-order valence-electron chi connectivity index (χ4n) is 2.70. The molecule has 2 N–H and O–H groups in total. The van der Waals surface area contributed by atoms with Crippen LogP contribution in [0.1, 0.15) is 36.6 Å². The van der Waals surface area contributed by atoms with Crippen LogP contribution in [0.3, 0.4) is 0 Å². The van der Waals surface area contributed by atoms with Gasteiger partial charge in [0.25, 0.3) is 0 Å². The molecule has 0 saturated heterocycles. The maximum absolute atomic E-state index is 9.91. The molecule has 1 aliphatic heterocycles. The van der Waals surface area contributed by atoms with Gasteiger partial charge in [0.15, 0.2) is 0 Å². The van der Waals surface area contributed by atoms with Crippen LogP contribution in [0.2, 0.25) is 5.02 Å². The Morgan fingerprint density at radius 2 is 2.10 bits per heavy atom. The molecule has 2 atom stereocenters. The largest absolute Gasteiger partial charge is 0.389 e. The van der Waals surface area contributed by atoms with Gasteiger partial charge in [-0.1, -0.05) is 29.8 Å². The van der Waals surface area contributed by atoms with Gasteiger partial charge in [0.05, 0.1) is 12.1 Å². The second kappa shape index (κ2) is 6.30. The molecule has 0 bridgehead atoms. The van der Waals surface area contributed by atoms with E-state index in [4.69, 9.17) is 11.6 Å². The molecule has 1 aliphatic rings. The lowest BCUT2D eigenvalue weighted by atomic mass is 10.0. The number of para-hydroxylation sites is 1. The van der Waals surface area contributed by atoms with Crippen molar-refractivity contribution in [3.63, 3.8) is 0 Å². The van der Waals surface area contributed by atoms with Gasteiger partial charge in [-0.3, -0.25) is 0 Å². The van der Waals surface area contributed by atoms with Crippen LogP contribution in [-0.4, -0.2) is 10.9 Å². The van der Waals surface area contributed by atoms with Gasteiger partial charge in [0.2, 0.25) is 0 Å². The van der Waals surface area contributed by atoms with Gasteiger partial charge < -0.3 is 10.4 Å². The van der Waals surface area contributed by atoms with Crippen molar-refractivity contribution < 1.29 is 5.11 Å². The minimum absolute atomic E-state index is 0.236. The Balaban J connectivity index is 1.92. The van der Waals surface area contributed by atoms with Crippen molar-refractivity contribution in [2.24, 2.45) is 0 Å². The SMILES string of the molecule is CC(O)c1ccccc1NC1CCSc2ccc(Cl)cc21. The Labute approximate surface area is 134 Å². The number of aliphatic hydroxyl groups is 1. The summed E-state index contributed by atoms with van der Waals surface area (Å²) in [5, 5.41) is 14.3. The average Bonchev–Trinajstić information content (AvgIpc) is 2.48. The van der Waals surface area contributed by atoms with E-state index in [0.717, 1.165) is 28.4 Å². The molecule has 2 nitrogen and oxygen atoms in total. The highest BCUT2D eigenvalue weighted by molar-refractivity contribution is 7.99. The maximum Gasteiger partial charge on any atom is 0.0781 e. The molecular formula is C17H18ClNOS. The van der Waals surface area contributed by atoms with Gasteiger partial charge in [-0.05, 0) is 43.2 Å². The zero-order valence-electron chi connectivity index (χ0n) is 11.8. The quantitative estimate of drug-likeness (QED) is 0.831. The molecule has 0 radical (unpaired) electrons. The van der Waals surface area contributed by atoms with Crippen molar-refractivity contribution in [1.82, 2.24) is 0 Å². The smallest absolute Gasteiger partial charge is 0.0781 e. The van der Waals surface area contributed by atoms with Crippen LogP contribution in [-0.2, 0) is 0 Å². The van der Waals surface area contributed by atoms with Gasteiger partial charge in [0, 0.05) is 26.9 Å². The predicted octanol–water partition coefficient (Wildman–Crippen LogP) is 5.04. The number of hydrogen-bond acceptors (Lipinski definition) is 3. The number of halogens is 1. The van der Waals surface area contributed by atoms with Crippen molar-refractivity contribution in [2.45, 2.75) is 30.4 Å². The van der Waals surface area contributed by atoms with E-state index in [1.807, 2.05) is 48.2 Å². The van der Waals surface area contributed by atoms with Crippen LogP contribution >= 0.6 is 23.4 Å². The fraction of sp³-hybridized carbons (Fsp3) is 0.294. The Bertz CT molecular complexity index is 644. The molecule has 21 heavy (non-hydrogen) atoms. The van der Waals surface area contributed by atoms with E-state index < -0.39 is 6.10 Å². The normalized spacial score (nSPS) is 18.9. The van der Waals surface area contributed by atoms with Crippen molar-refractivity contribution in [2.75, 3.05) is 11.1 Å². The number of rotatable bonds is 3. The highest BCUT2D eigenvalue weighted by Gasteiger charge is 2.22. The summed E-state index contributed by atoms with van der Waals surface area (Å²) in [6, 6.07) is 14.2. The van der Waals surface area contributed by atoms with Gasteiger partial charge in [-0.2, -0.15) is 0 Å². The lowest BCUT2D eigenvalue weighted by Gasteiger charge is -2.28.